The number of benzene rings is 1. The van der Waals surface area contributed by atoms with Gasteiger partial charge in [-0.3, -0.25) is 4.79 Å². The van der Waals surface area contributed by atoms with E-state index in [9.17, 15) is 9.59 Å². The molecular formula is C12H10N2O3. The number of nitrogens with zero attached hydrogens (tertiary/aromatic N) is 1. The standard InChI is InChI=1S/C12H10N2O3/c1-13-11(15)10-8(12(16)17)6-7-4-2-3-5-9(7)14-10/h2-6H,1H3,(H,13,15)(H,16,17). The van der Waals surface area contributed by atoms with Crippen molar-refractivity contribution >= 4 is 22.8 Å². The summed E-state index contributed by atoms with van der Waals surface area (Å²) in [6.07, 6.45) is 0. The van der Waals surface area contributed by atoms with Gasteiger partial charge >= 0.3 is 5.97 Å². The van der Waals surface area contributed by atoms with Gasteiger partial charge in [0.25, 0.3) is 5.91 Å². The lowest BCUT2D eigenvalue weighted by atomic mass is 10.1. The fraction of sp³-hybridized carbons (Fsp3) is 0.0833. The van der Waals surface area contributed by atoms with E-state index in [-0.39, 0.29) is 11.3 Å². The minimum atomic E-state index is -1.16. The monoisotopic (exact) mass is 230 g/mol. The lowest BCUT2D eigenvalue weighted by Crippen LogP contribution is -2.22. The van der Waals surface area contributed by atoms with Crippen LogP contribution >= 0.6 is 0 Å². The predicted molar refractivity (Wildman–Crippen MR) is 62.1 cm³/mol. The number of hydrogen-bond acceptors (Lipinski definition) is 3. The maximum atomic E-state index is 11.5. The highest BCUT2D eigenvalue weighted by atomic mass is 16.4. The van der Waals surface area contributed by atoms with Crippen LogP contribution in [-0.4, -0.2) is 29.0 Å². The van der Waals surface area contributed by atoms with E-state index >= 15 is 0 Å². The topological polar surface area (TPSA) is 79.3 Å². The van der Waals surface area contributed by atoms with Gasteiger partial charge in [-0.15, -0.1) is 0 Å². The fourth-order valence-electron chi connectivity index (χ4n) is 1.57. The van der Waals surface area contributed by atoms with Crippen molar-refractivity contribution in [2.75, 3.05) is 7.05 Å². The second kappa shape index (κ2) is 4.21. The fourth-order valence-corrected chi connectivity index (χ4v) is 1.57. The molecule has 0 bridgehead atoms. The molecule has 0 aliphatic carbocycles. The Balaban J connectivity index is 2.75. The van der Waals surface area contributed by atoms with E-state index in [0.717, 1.165) is 0 Å². The average Bonchev–Trinajstić information content (AvgIpc) is 2.36. The van der Waals surface area contributed by atoms with Crippen LogP contribution in [0.2, 0.25) is 0 Å². The molecule has 0 unspecified atom stereocenters. The highest BCUT2D eigenvalue weighted by Gasteiger charge is 2.18. The molecule has 5 nitrogen and oxygen atoms in total. The van der Waals surface area contributed by atoms with E-state index in [2.05, 4.69) is 10.3 Å². The van der Waals surface area contributed by atoms with Gasteiger partial charge in [-0.25, -0.2) is 9.78 Å². The number of hydrogen-bond donors (Lipinski definition) is 2. The third-order valence-electron chi connectivity index (χ3n) is 2.40. The van der Waals surface area contributed by atoms with E-state index in [1.807, 2.05) is 0 Å². The number of carbonyl (C=O) groups is 2. The molecule has 0 aliphatic heterocycles. The molecule has 0 saturated heterocycles. The molecule has 0 atom stereocenters. The molecule has 0 spiro atoms. The van der Waals surface area contributed by atoms with Crippen molar-refractivity contribution in [2.24, 2.45) is 0 Å². The third kappa shape index (κ3) is 1.94. The zero-order valence-electron chi connectivity index (χ0n) is 9.10. The zero-order chi connectivity index (χ0) is 12.4. The van der Waals surface area contributed by atoms with Crippen LogP contribution in [0.3, 0.4) is 0 Å². The molecule has 1 aromatic heterocycles. The molecule has 0 fully saturated rings. The van der Waals surface area contributed by atoms with Gasteiger partial charge < -0.3 is 10.4 Å². The van der Waals surface area contributed by atoms with Crippen LogP contribution in [0.15, 0.2) is 30.3 Å². The molecule has 0 saturated carbocycles. The third-order valence-corrected chi connectivity index (χ3v) is 2.40. The Morgan fingerprint density at radius 3 is 2.65 bits per heavy atom. The molecule has 1 amide bonds. The van der Waals surface area contributed by atoms with Crippen molar-refractivity contribution in [2.45, 2.75) is 0 Å². The maximum absolute atomic E-state index is 11.5. The number of para-hydroxylation sites is 1. The largest absolute Gasteiger partial charge is 0.478 e. The molecule has 2 aromatic rings. The Kier molecular flexibility index (Phi) is 2.74. The number of carbonyl (C=O) groups excluding carboxylic acids is 1. The first-order valence-corrected chi connectivity index (χ1v) is 4.98. The minimum Gasteiger partial charge on any atom is -0.478 e. The van der Waals surface area contributed by atoms with Crippen molar-refractivity contribution in [3.05, 3.63) is 41.6 Å². The summed E-state index contributed by atoms with van der Waals surface area (Å²) in [6.45, 7) is 0. The van der Waals surface area contributed by atoms with Crippen LogP contribution in [0.1, 0.15) is 20.8 Å². The van der Waals surface area contributed by atoms with Crippen LogP contribution in [0.4, 0.5) is 0 Å². The Morgan fingerprint density at radius 2 is 2.00 bits per heavy atom. The number of nitrogens with one attached hydrogen (secondary N) is 1. The molecule has 2 N–H and O–H groups in total. The number of fused-ring (bicyclic) bond motifs is 1. The van der Waals surface area contributed by atoms with E-state index < -0.39 is 11.9 Å². The summed E-state index contributed by atoms with van der Waals surface area (Å²) in [6, 6.07) is 8.50. The molecular weight excluding hydrogens is 220 g/mol. The van der Waals surface area contributed by atoms with Gasteiger partial charge in [0.1, 0.15) is 5.69 Å². The van der Waals surface area contributed by atoms with Gasteiger partial charge in [0.2, 0.25) is 0 Å². The number of amides is 1. The SMILES string of the molecule is CNC(=O)c1nc2ccccc2cc1C(=O)O. The van der Waals surface area contributed by atoms with Crippen molar-refractivity contribution in [3.63, 3.8) is 0 Å². The Morgan fingerprint density at radius 1 is 1.29 bits per heavy atom. The first-order valence-electron chi connectivity index (χ1n) is 4.98. The van der Waals surface area contributed by atoms with Crippen LogP contribution in [-0.2, 0) is 0 Å². The number of pyridine rings is 1. The first-order chi connectivity index (χ1) is 8.13. The predicted octanol–water partition coefficient (Wildman–Crippen LogP) is 1.29. The van der Waals surface area contributed by atoms with Crippen LogP contribution in [0.5, 0.6) is 0 Å². The van der Waals surface area contributed by atoms with Gasteiger partial charge in [-0.05, 0) is 12.1 Å². The normalized spacial score (nSPS) is 10.2. The molecule has 86 valence electrons. The Bertz CT molecular complexity index is 608. The van der Waals surface area contributed by atoms with E-state index in [4.69, 9.17) is 5.11 Å². The molecule has 1 aromatic carbocycles. The molecule has 5 heteroatoms. The molecule has 0 radical (unpaired) electrons. The van der Waals surface area contributed by atoms with Crippen LogP contribution < -0.4 is 5.32 Å². The summed E-state index contributed by atoms with van der Waals surface area (Å²) in [5, 5.41) is 12.1. The average molecular weight is 230 g/mol. The van der Waals surface area contributed by atoms with Gasteiger partial charge in [0.05, 0.1) is 11.1 Å². The van der Waals surface area contributed by atoms with Crippen LogP contribution in [0, 0.1) is 0 Å². The highest BCUT2D eigenvalue weighted by molar-refractivity contribution is 6.05. The lowest BCUT2D eigenvalue weighted by Gasteiger charge is -2.06. The van der Waals surface area contributed by atoms with Crippen molar-refractivity contribution < 1.29 is 14.7 Å². The quantitative estimate of drug-likeness (QED) is 0.814. The summed E-state index contributed by atoms with van der Waals surface area (Å²) >= 11 is 0. The molecule has 0 aliphatic rings. The van der Waals surface area contributed by atoms with E-state index in [0.29, 0.717) is 10.9 Å². The molecule has 1 heterocycles. The molecule has 17 heavy (non-hydrogen) atoms. The highest BCUT2D eigenvalue weighted by Crippen LogP contribution is 2.16. The smallest absolute Gasteiger partial charge is 0.338 e. The van der Waals surface area contributed by atoms with E-state index in [1.54, 1.807) is 24.3 Å². The lowest BCUT2D eigenvalue weighted by molar-refractivity contribution is 0.0690. The summed E-state index contributed by atoms with van der Waals surface area (Å²) in [5.74, 6) is -1.67. The van der Waals surface area contributed by atoms with Crippen molar-refractivity contribution in [1.29, 1.82) is 0 Å². The Labute approximate surface area is 97.1 Å². The number of carboxylic acids is 1. The summed E-state index contributed by atoms with van der Waals surface area (Å²) in [5.41, 5.74) is 0.429. The van der Waals surface area contributed by atoms with Gasteiger partial charge in [0, 0.05) is 12.4 Å². The summed E-state index contributed by atoms with van der Waals surface area (Å²) in [4.78, 5) is 26.7. The minimum absolute atomic E-state index is 0.0706. The van der Waals surface area contributed by atoms with Gasteiger partial charge in [-0.1, -0.05) is 18.2 Å². The van der Waals surface area contributed by atoms with Gasteiger partial charge in [0.15, 0.2) is 0 Å². The molecule has 2 rings (SSSR count). The summed E-state index contributed by atoms with van der Waals surface area (Å²) in [7, 11) is 1.44. The zero-order valence-corrected chi connectivity index (χ0v) is 9.10. The van der Waals surface area contributed by atoms with Crippen molar-refractivity contribution in [1.82, 2.24) is 10.3 Å². The second-order valence-electron chi connectivity index (χ2n) is 3.46. The Hall–Kier alpha value is -2.43. The summed E-state index contributed by atoms with van der Waals surface area (Å²) < 4.78 is 0. The number of aromatic nitrogens is 1. The van der Waals surface area contributed by atoms with Gasteiger partial charge in [-0.2, -0.15) is 0 Å². The number of carboxylic acid groups (broad SMARTS) is 1. The second-order valence-corrected chi connectivity index (χ2v) is 3.46. The first kappa shape index (κ1) is 11.1. The number of aromatic carboxylic acids is 1. The maximum Gasteiger partial charge on any atom is 0.338 e. The van der Waals surface area contributed by atoms with Crippen LogP contribution in [0.25, 0.3) is 10.9 Å². The van der Waals surface area contributed by atoms with E-state index in [1.165, 1.54) is 13.1 Å². The number of rotatable bonds is 2. The van der Waals surface area contributed by atoms with Crippen molar-refractivity contribution in [3.8, 4) is 0 Å².